The van der Waals surface area contributed by atoms with Crippen LogP contribution in [0.1, 0.15) is 12.8 Å². The van der Waals surface area contributed by atoms with E-state index >= 15 is 0 Å². The second-order valence-corrected chi connectivity index (χ2v) is 6.43. The summed E-state index contributed by atoms with van der Waals surface area (Å²) >= 11 is 0. The minimum Gasteiger partial charge on any atom is -0.255 e. The van der Waals surface area contributed by atoms with Crippen LogP contribution in [-0.4, -0.2) is 60.1 Å². The average Bonchev–Trinajstić information content (AvgIpc) is 2.48. The van der Waals surface area contributed by atoms with Crippen LogP contribution in [0.2, 0.25) is 0 Å². The van der Waals surface area contributed by atoms with E-state index in [0.717, 1.165) is 0 Å². The molecule has 0 saturated heterocycles. The van der Waals surface area contributed by atoms with Gasteiger partial charge in [0.15, 0.2) is 0 Å². The van der Waals surface area contributed by atoms with E-state index in [2.05, 4.69) is 0 Å². The fraction of sp³-hybridized carbons (Fsp3) is 1.00. The van der Waals surface area contributed by atoms with Gasteiger partial charge in [-0.2, -0.15) is 96.6 Å². The molecule has 0 rings (SSSR count). The molecule has 0 bridgehead atoms. The molecule has 0 unspecified atom stereocenters. The quantitative estimate of drug-likeness (QED) is 0.238. The number of rotatable bonds is 10. The highest BCUT2D eigenvalue weighted by Crippen LogP contribution is 2.58. The molecule has 0 atom stereocenters. The molecule has 0 spiro atoms. The molecule has 0 aromatic heterocycles. The molecule has 0 fully saturated rings. The van der Waals surface area contributed by atoms with Gasteiger partial charge in [0.1, 0.15) is 12.8 Å². The Balaban J connectivity index is 6.00. The lowest BCUT2D eigenvalue weighted by Crippen LogP contribution is -2.63. The van der Waals surface area contributed by atoms with Crippen molar-refractivity contribution in [1.82, 2.24) is 0 Å². The molecule has 0 heterocycles. The molecular formula is C12H4F22O. The Morgan fingerprint density at radius 1 is 0.314 bits per heavy atom. The Bertz CT molecular complexity index is 679. The topological polar surface area (TPSA) is 9.23 Å². The van der Waals surface area contributed by atoms with Crippen LogP contribution in [0.3, 0.4) is 0 Å². The van der Waals surface area contributed by atoms with E-state index in [-0.39, 0.29) is 0 Å². The SMILES string of the molecule is FC(F)(CC(F)(F)C(F)(F)C(F)(F)C(F)(F)F)OC(F)(F)CC(F)(F)C(F)(F)C(F)(F)C(F)(F)F. The molecule has 23 heteroatoms. The Hall–Kier alpha value is -1.58. The van der Waals surface area contributed by atoms with Crippen molar-refractivity contribution in [3.8, 4) is 0 Å². The molecule has 1 nitrogen and oxygen atoms in total. The van der Waals surface area contributed by atoms with Crippen LogP contribution in [0.15, 0.2) is 0 Å². The first-order valence-corrected chi connectivity index (χ1v) is 7.48. The highest BCUT2D eigenvalue weighted by molar-refractivity contribution is 5.02. The zero-order valence-electron chi connectivity index (χ0n) is 15.1. The Morgan fingerprint density at radius 2 is 0.514 bits per heavy atom. The highest BCUT2D eigenvalue weighted by Gasteiger charge is 2.84. The summed E-state index contributed by atoms with van der Waals surface area (Å²) in [6.45, 7) is 0. The molecule has 0 aliphatic carbocycles. The summed E-state index contributed by atoms with van der Waals surface area (Å²) in [6, 6.07) is 0. The lowest BCUT2D eigenvalue weighted by atomic mass is 10.00. The Kier molecular flexibility index (Phi) is 8.10. The van der Waals surface area contributed by atoms with E-state index in [1.54, 1.807) is 4.74 Å². The largest absolute Gasteiger partial charge is 0.460 e. The summed E-state index contributed by atoms with van der Waals surface area (Å²) in [7, 11) is 0. The highest BCUT2D eigenvalue weighted by atomic mass is 19.4. The first-order valence-electron chi connectivity index (χ1n) is 7.48. The second-order valence-electron chi connectivity index (χ2n) is 6.43. The number of hydrogen-bond donors (Lipinski definition) is 0. The van der Waals surface area contributed by atoms with Crippen molar-refractivity contribution < 1.29 is 101 Å². The Morgan fingerprint density at radius 3 is 0.686 bits per heavy atom. The lowest BCUT2D eigenvalue weighted by molar-refractivity contribution is -0.440. The fourth-order valence-corrected chi connectivity index (χ4v) is 1.84. The zero-order chi connectivity index (χ0) is 29.1. The first kappa shape index (κ1) is 33.4. The molecule has 0 radical (unpaired) electrons. The minimum absolute atomic E-state index is 1.74. The molecule has 0 aliphatic rings. The van der Waals surface area contributed by atoms with Crippen LogP contribution in [0.25, 0.3) is 0 Å². The van der Waals surface area contributed by atoms with Gasteiger partial charge in [-0.05, 0) is 0 Å². The molecular weight excluding hydrogens is 578 g/mol. The molecule has 35 heavy (non-hydrogen) atoms. The van der Waals surface area contributed by atoms with Gasteiger partial charge in [0.2, 0.25) is 0 Å². The predicted molar refractivity (Wildman–Crippen MR) is 62.0 cm³/mol. The third-order valence-electron chi connectivity index (χ3n) is 3.57. The van der Waals surface area contributed by atoms with Gasteiger partial charge in [-0.3, -0.25) is 4.74 Å². The monoisotopic (exact) mass is 582 g/mol. The summed E-state index contributed by atoms with van der Waals surface area (Å²) in [5.74, 6) is -46.2. The maximum Gasteiger partial charge on any atom is 0.460 e. The van der Waals surface area contributed by atoms with Crippen molar-refractivity contribution >= 4 is 0 Å². The van der Waals surface area contributed by atoms with Crippen molar-refractivity contribution in [2.45, 2.75) is 72.9 Å². The zero-order valence-corrected chi connectivity index (χ0v) is 15.1. The normalized spacial score (nSPS) is 16.6. The third-order valence-corrected chi connectivity index (χ3v) is 3.57. The van der Waals surface area contributed by atoms with Gasteiger partial charge in [0.25, 0.3) is 0 Å². The molecule has 0 aliphatic heterocycles. The molecule has 212 valence electrons. The maximum absolute atomic E-state index is 13.1. The van der Waals surface area contributed by atoms with Crippen molar-refractivity contribution in [1.29, 1.82) is 0 Å². The first-order chi connectivity index (χ1) is 14.6. The van der Waals surface area contributed by atoms with Gasteiger partial charge in [0.05, 0.1) is 0 Å². The summed E-state index contributed by atoms with van der Waals surface area (Å²) in [5, 5.41) is 0. The van der Waals surface area contributed by atoms with Crippen molar-refractivity contribution in [3.63, 3.8) is 0 Å². The van der Waals surface area contributed by atoms with Gasteiger partial charge >= 0.3 is 60.1 Å². The van der Waals surface area contributed by atoms with Gasteiger partial charge in [-0.1, -0.05) is 0 Å². The van der Waals surface area contributed by atoms with Crippen molar-refractivity contribution in [2.75, 3.05) is 0 Å². The molecule has 0 amide bonds. The third kappa shape index (κ3) is 6.05. The van der Waals surface area contributed by atoms with Crippen LogP contribution < -0.4 is 0 Å². The van der Waals surface area contributed by atoms with Crippen LogP contribution in [0, 0.1) is 0 Å². The molecule has 0 N–H and O–H groups in total. The van der Waals surface area contributed by atoms with Crippen LogP contribution in [-0.2, 0) is 4.74 Å². The number of hydrogen-bond acceptors (Lipinski definition) is 1. The van der Waals surface area contributed by atoms with E-state index in [9.17, 15) is 96.6 Å². The van der Waals surface area contributed by atoms with Crippen molar-refractivity contribution in [3.05, 3.63) is 0 Å². The van der Waals surface area contributed by atoms with Gasteiger partial charge in [0, 0.05) is 0 Å². The lowest BCUT2D eigenvalue weighted by Gasteiger charge is -2.37. The van der Waals surface area contributed by atoms with Crippen LogP contribution >= 0.6 is 0 Å². The standard InChI is InChI=1S/C12H4F22O/c13-3(14,7(21,22)9(25,26)11(29,30)31)1-5(17,18)35-6(19,20)2-4(15,16)8(23,24)10(27,28)12(32,33)34/h1-2H2. The molecule has 0 aromatic rings. The maximum atomic E-state index is 13.1. The van der Waals surface area contributed by atoms with Crippen molar-refractivity contribution in [2.24, 2.45) is 0 Å². The summed E-state index contributed by atoms with van der Waals surface area (Å²) in [5.41, 5.74) is 0. The van der Waals surface area contributed by atoms with Crippen LogP contribution in [0.4, 0.5) is 96.6 Å². The number of halogens is 22. The van der Waals surface area contributed by atoms with Gasteiger partial charge < -0.3 is 0 Å². The van der Waals surface area contributed by atoms with E-state index in [1.807, 2.05) is 0 Å². The molecule has 0 saturated carbocycles. The van der Waals surface area contributed by atoms with E-state index in [4.69, 9.17) is 0 Å². The van der Waals surface area contributed by atoms with E-state index in [1.165, 1.54) is 0 Å². The average molecular weight is 582 g/mol. The van der Waals surface area contributed by atoms with Gasteiger partial charge in [-0.25, -0.2) is 0 Å². The van der Waals surface area contributed by atoms with Gasteiger partial charge in [-0.15, -0.1) is 0 Å². The smallest absolute Gasteiger partial charge is 0.255 e. The predicted octanol–water partition coefficient (Wildman–Crippen LogP) is 7.91. The second kappa shape index (κ2) is 8.48. The summed E-state index contributed by atoms with van der Waals surface area (Å²) < 4.78 is 279. The Labute approximate surface area is 176 Å². The minimum atomic E-state index is -7.88. The molecule has 0 aromatic carbocycles. The summed E-state index contributed by atoms with van der Waals surface area (Å²) in [4.78, 5) is 0. The number of ether oxygens (including phenoxy) is 1. The van der Waals surface area contributed by atoms with E-state index in [0.29, 0.717) is 0 Å². The number of alkyl halides is 22. The fourth-order valence-electron chi connectivity index (χ4n) is 1.84. The van der Waals surface area contributed by atoms with Crippen LogP contribution in [0.5, 0.6) is 0 Å². The summed E-state index contributed by atoms with van der Waals surface area (Å²) in [6.07, 6.45) is -38.2. The van der Waals surface area contributed by atoms with E-state index < -0.39 is 72.9 Å².